The molecule has 8 saturated carbocycles. The van der Waals surface area contributed by atoms with E-state index in [1.54, 1.807) is 46.3 Å². The number of carbonyl (C=O) groups is 6. The Morgan fingerprint density at radius 1 is 0.463 bits per heavy atom. The molecule has 5 saturated heterocycles. The Labute approximate surface area is 911 Å². The van der Waals surface area contributed by atoms with E-state index >= 15 is 0 Å². The number of piperidine rings is 4. The van der Waals surface area contributed by atoms with Crippen molar-refractivity contribution in [2.45, 2.75) is 388 Å². The molecular weight excluding hydrogens is 2000 g/mol. The maximum absolute atomic E-state index is 12.6. The first-order valence-corrected chi connectivity index (χ1v) is 53.7. The standard InChI is InChI=1S/C25H38N4O5.C23H35BrN4O4.C23H36N4O4.C20H30N4O3.C8H9ClN2O2.C4H8O.Al.BHNS.Li.4H/c1-6-32-22(30)20-21(27-16(2)15-26-20)29-11-9-25(10-12-29)14-18(33-17-7-8-17)13-19(25)28-23(31)34-24(3,4)5;1-14-19(24)26-17(13-29)20(25-14)28-9-7-23(8-10-28)12-16(31-15-5-6-15)11-18(23)27-21(30)32-22(2,3)4;1-15-13-24-18(14-28)20(25-15)27-9-7-23(8-10-27)12-17(30-16-5-6-16)11-19(23)26-21(29)31-22(2,3)4;1-3-26-19(25)17-18(23-13(2)12-22-17)24-8-6-20(7-9-24)11-15(10-16(20)21)27-14-4-5-14;1-3-13-8(12)6-7(9)11-5(2)4-10-6;1-2-4-5-3-1;;1-2-3;;;;;/h15,17-19H,6-14H2,1-5H3,(H,28,31);15-16,18,29H,5-13H2,1-4H3,(H,27,30);13,16-17,19,28H,5-12,14H2,1-4H3,(H,26,29);12,14-16H,3-11,21H2,1-2H3;4H,3H2,1-2H3;1-4H2;;3H;;;;;/q;;;;;;;;+1;;;;-1/t18-,19+;16-,18+;17-,19+;15-,16+;;;;;;;;;/m0000........./s1. The van der Waals surface area contributed by atoms with Crippen molar-refractivity contribution in [2.75, 3.05) is 105 Å². The minimum Gasteiger partial charge on any atom is -1.00 e. The minimum absolute atomic E-state index is 0. The first-order chi connectivity index (χ1) is 68.9. The van der Waals surface area contributed by atoms with Crippen molar-refractivity contribution >= 4 is 125 Å². The molecule has 13 aliphatic rings. The van der Waals surface area contributed by atoms with Gasteiger partial charge < -0.3 is 105 Å². The Morgan fingerprint density at radius 2 is 0.748 bits per heavy atom. The van der Waals surface area contributed by atoms with Crippen LogP contribution in [-0.2, 0) is 65.3 Å². The van der Waals surface area contributed by atoms with Crippen LogP contribution in [0.3, 0.4) is 0 Å². The van der Waals surface area contributed by atoms with Gasteiger partial charge in [0.05, 0.1) is 110 Å². The number of thiol groups is 1. The predicted octanol–water partition coefficient (Wildman–Crippen LogP) is 11.5. The molecule has 0 bridgehead atoms. The Hall–Kier alpha value is -7.39. The topological polar surface area (TPSA) is 461 Å². The van der Waals surface area contributed by atoms with E-state index in [9.17, 15) is 39.0 Å². The first-order valence-electron chi connectivity index (χ1n) is 52.1. The SMILES string of the molecule is C1CCOC1.CCOC(=O)c1ncc(C)nc1Cl.CCOC(=O)c1ncc(C)nc1N1CCC2(CC1)C[C@@H](OC1CC1)C[C@H]2N.CCOC(=O)c1ncc(C)nc1N1CCC2(CC1)C[C@@H](OC1CC1)C[C@H]2NC(=O)OC(C)(C)C.Cc1cnc(CO)c(N2CCC3(CC2)C[C@@H](OC2CC2)C[C@H]3NC(=O)OC(C)(C)C)n1.Cc1nc(N2CCC3(CC2)C[C@@H](OC2CC2)C[C@H]3NC(=O)OC(C)(C)C)c(CO)nc1Br.[AlH3].[B]=NS.[H-].[Li+]. The second-order valence-electron chi connectivity index (χ2n) is 43.8. The summed E-state index contributed by atoms with van der Waals surface area (Å²) < 4.78 is 65.0. The number of nitrogens with one attached hydrogen (secondary N) is 3. The molecule has 3 amide bonds. The van der Waals surface area contributed by atoms with Crippen molar-refractivity contribution < 1.29 is 111 Å². The van der Waals surface area contributed by atoms with Crippen molar-refractivity contribution in [3.8, 4) is 0 Å². The van der Waals surface area contributed by atoms with Crippen molar-refractivity contribution in [3.05, 3.63) is 91.5 Å². The van der Waals surface area contributed by atoms with Gasteiger partial charge in [0.1, 0.15) is 32.8 Å². The van der Waals surface area contributed by atoms with E-state index in [0.29, 0.717) is 95.8 Å². The van der Waals surface area contributed by atoms with Gasteiger partial charge in [0.15, 0.2) is 62.9 Å². The molecule has 7 N–H and O–H groups in total. The van der Waals surface area contributed by atoms with Crippen LogP contribution in [-0.4, -0.2) is 296 Å². The Bertz CT molecular complexity index is 5150. The van der Waals surface area contributed by atoms with Crippen LogP contribution in [0.5, 0.6) is 0 Å². The van der Waals surface area contributed by atoms with E-state index in [1.807, 2.05) is 90.0 Å². The molecule has 13 fully saturated rings. The number of alkyl carbamates (subject to hydrolysis) is 3. The number of aliphatic hydroxyl groups is 2. The summed E-state index contributed by atoms with van der Waals surface area (Å²) in [4.78, 5) is 126. The molecular formula is C103H161AlBBrClLiN19O19S. The monoisotopic (exact) mass is 2160 g/mol. The number of rotatable bonds is 23. The number of carbonyl (C=O) groups excluding carboxylic acids is 6. The first kappa shape index (κ1) is 121. The molecule has 0 aromatic carbocycles. The summed E-state index contributed by atoms with van der Waals surface area (Å²) in [6.07, 6.45) is 34.3. The van der Waals surface area contributed by atoms with Crippen molar-refractivity contribution in [1.82, 2.24) is 65.8 Å². The number of amides is 3. The molecule has 1 radical (unpaired) electrons. The number of esters is 3. The molecule has 8 atom stereocenters. The molecule has 4 spiro atoms. The molecule has 38 nitrogen and oxygen atoms in total. The van der Waals surface area contributed by atoms with Crippen LogP contribution in [0.15, 0.2) is 33.7 Å². The van der Waals surface area contributed by atoms with Crippen LogP contribution in [0.25, 0.3) is 0 Å². The number of nitrogens with two attached hydrogens (primary N) is 1. The summed E-state index contributed by atoms with van der Waals surface area (Å²) in [5.41, 5.74) is 10.7. The number of hydrogen-bond donors (Lipinski definition) is 7. The fourth-order valence-electron chi connectivity index (χ4n) is 21.1. The zero-order valence-electron chi connectivity index (χ0n) is 90.1. The minimum atomic E-state index is -0.545. The van der Waals surface area contributed by atoms with E-state index in [1.165, 1.54) is 31.9 Å². The molecule has 8 aliphatic carbocycles. The maximum Gasteiger partial charge on any atom is 1.00 e. The van der Waals surface area contributed by atoms with Crippen LogP contribution < -0.4 is 60.1 Å². The Kier molecular flexibility index (Phi) is 45.4. The van der Waals surface area contributed by atoms with Gasteiger partial charge >= 0.3 is 79.8 Å². The molecule has 18 rings (SSSR count). The summed E-state index contributed by atoms with van der Waals surface area (Å²) in [6.45, 7) is 40.5. The number of aromatic nitrogens is 10. The summed E-state index contributed by atoms with van der Waals surface area (Å²) in [6, 6.07) is 0.241. The quantitative estimate of drug-likeness (QED) is 0.0138. The predicted molar refractivity (Wildman–Crippen MR) is 566 cm³/mol. The van der Waals surface area contributed by atoms with E-state index in [0.717, 1.165) is 228 Å². The number of aliphatic hydroxyl groups excluding tert-OH is 2. The van der Waals surface area contributed by atoms with Crippen LogP contribution >= 0.6 is 40.3 Å². The molecule has 5 aliphatic heterocycles. The number of anilines is 4. The molecule has 147 heavy (non-hydrogen) atoms. The number of ether oxygens (including phenoxy) is 11. The van der Waals surface area contributed by atoms with Crippen LogP contribution in [0, 0.1) is 56.3 Å². The van der Waals surface area contributed by atoms with Crippen LogP contribution in [0.1, 0.15) is 323 Å². The van der Waals surface area contributed by atoms with Crippen LogP contribution in [0.2, 0.25) is 5.15 Å². The third-order valence-electron chi connectivity index (χ3n) is 28.6. The average molecular weight is 2160 g/mol. The zero-order valence-corrected chi connectivity index (χ0v) is 92.4. The van der Waals surface area contributed by atoms with Crippen molar-refractivity contribution in [3.63, 3.8) is 0 Å². The smallest absolute Gasteiger partial charge is 1.00 e. The van der Waals surface area contributed by atoms with E-state index in [-0.39, 0.29) is 156 Å². The zero-order chi connectivity index (χ0) is 105. The number of nitrogens with zero attached hydrogens (tertiary/aromatic N) is 15. The van der Waals surface area contributed by atoms with Gasteiger partial charge in [-0.05, 0) is 322 Å². The van der Waals surface area contributed by atoms with E-state index < -0.39 is 34.7 Å². The Balaban J connectivity index is 0.000000204. The maximum atomic E-state index is 12.6. The van der Waals surface area contributed by atoms with Gasteiger partial charge in [-0.3, -0.25) is 4.98 Å². The van der Waals surface area contributed by atoms with Crippen molar-refractivity contribution in [1.29, 1.82) is 0 Å². The summed E-state index contributed by atoms with van der Waals surface area (Å²) in [5.74, 6) is 1.35. The average Bonchev–Trinajstić information content (AvgIpc) is 1.61. The number of hydrogen-bond acceptors (Lipinski definition) is 36. The molecule has 5 aromatic rings. The molecule has 5 aromatic heterocycles. The van der Waals surface area contributed by atoms with Gasteiger partial charge in [0, 0.05) is 115 Å². The molecule has 10 heterocycles. The van der Waals surface area contributed by atoms with Gasteiger partial charge in [-0.15, -0.1) is 0 Å². The fourth-order valence-corrected chi connectivity index (χ4v) is 21.6. The largest absolute Gasteiger partial charge is 1.00 e. The fraction of sp³-hybridized carbons (Fsp3) is 0.748. The van der Waals surface area contributed by atoms with E-state index in [4.69, 9.17) is 74.4 Å². The van der Waals surface area contributed by atoms with E-state index in [2.05, 4.69) is 121 Å². The second kappa shape index (κ2) is 54.9. The van der Waals surface area contributed by atoms with Gasteiger partial charge in [-0.2, -0.15) is 0 Å². The summed E-state index contributed by atoms with van der Waals surface area (Å²) >= 11 is 12.3. The second-order valence-corrected chi connectivity index (χ2v) is 45.1. The van der Waals surface area contributed by atoms with Gasteiger partial charge in [-0.25, -0.2) is 73.6 Å². The Morgan fingerprint density at radius 3 is 1.05 bits per heavy atom. The molecule has 809 valence electrons. The summed E-state index contributed by atoms with van der Waals surface area (Å²) in [7, 11) is 4.34. The van der Waals surface area contributed by atoms with Gasteiger partial charge in [-0.1, -0.05) is 11.6 Å². The third kappa shape index (κ3) is 35.6. The van der Waals surface area contributed by atoms with Crippen LogP contribution in [0.4, 0.5) is 37.7 Å². The summed E-state index contributed by atoms with van der Waals surface area (Å²) in [5, 5.41) is 29.1. The number of aryl methyl sites for hydroxylation is 5. The van der Waals surface area contributed by atoms with Crippen molar-refractivity contribution in [2.24, 2.45) is 31.7 Å². The number of halogens is 2. The normalized spacial score (nSPS) is 23.3. The third-order valence-corrected chi connectivity index (χ3v) is 29.7. The van der Waals surface area contributed by atoms with Gasteiger partial charge in [0.25, 0.3) is 0 Å². The molecule has 0 unspecified atom stereocenters. The molecule has 44 heteroatoms. The van der Waals surface area contributed by atoms with Gasteiger partial charge in [0.2, 0.25) is 0 Å².